The van der Waals surface area contributed by atoms with Crippen LogP contribution in [0, 0.1) is 23.7 Å². The van der Waals surface area contributed by atoms with Gasteiger partial charge in [-0.25, -0.2) is 0 Å². The van der Waals surface area contributed by atoms with Crippen LogP contribution in [0.2, 0.25) is 0 Å². The fraction of sp³-hybridized carbons (Fsp3) is 0.938. The molecule has 1 aliphatic carbocycles. The predicted molar refractivity (Wildman–Crippen MR) is 76.8 cm³/mol. The third-order valence-corrected chi connectivity index (χ3v) is 5.06. The van der Waals surface area contributed by atoms with E-state index in [2.05, 4.69) is 33.0 Å². The summed E-state index contributed by atoms with van der Waals surface area (Å²) < 4.78 is 5.91. The summed E-state index contributed by atoms with van der Waals surface area (Å²) in [5.41, 5.74) is 0. The molecule has 1 saturated carbocycles. The Balaban J connectivity index is 1.96. The minimum Gasteiger partial charge on any atom is -0.462 e. The fourth-order valence-electron chi connectivity index (χ4n) is 3.67. The van der Waals surface area contributed by atoms with Gasteiger partial charge in [0.2, 0.25) is 0 Å². The Morgan fingerprint density at radius 1 is 1.21 bits per heavy atom. The molecule has 19 heavy (non-hydrogen) atoms. The Kier molecular flexibility index (Phi) is 4.88. The highest BCUT2D eigenvalue weighted by Gasteiger charge is 2.37. The summed E-state index contributed by atoms with van der Waals surface area (Å²) in [4.78, 5) is 12.3. The number of hydrogen-bond donors (Lipinski definition) is 1. The van der Waals surface area contributed by atoms with Gasteiger partial charge in [-0.1, -0.05) is 27.2 Å². The van der Waals surface area contributed by atoms with E-state index >= 15 is 0 Å². The molecule has 2 aliphatic rings. The third kappa shape index (κ3) is 3.50. The van der Waals surface area contributed by atoms with E-state index in [1.165, 1.54) is 12.8 Å². The second-order valence-electron chi connectivity index (χ2n) is 6.94. The van der Waals surface area contributed by atoms with E-state index in [0.717, 1.165) is 19.4 Å². The Morgan fingerprint density at radius 2 is 1.95 bits per heavy atom. The summed E-state index contributed by atoms with van der Waals surface area (Å²) in [6, 6.07) is 0.269. The zero-order chi connectivity index (χ0) is 14.0. The molecule has 1 heterocycles. The number of ether oxygens (including phenoxy) is 1. The molecule has 1 N–H and O–H groups in total. The minimum atomic E-state index is 0.0299. The summed E-state index contributed by atoms with van der Waals surface area (Å²) in [7, 11) is 0. The van der Waals surface area contributed by atoms with Crippen LogP contribution in [0.3, 0.4) is 0 Å². The maximum atomic E-state index is 12.3. The lowest BCUT2D eigenvalue weighted by molar-refractivity contribution is -0.161. The van der Waals surface area contributed by atoms with Gasteiger partial charge in [-0.3, -0.25) is 4.79 Å². The van der Waals surface area contributed by atoms with E-state index in [0.29, 0.717) is 17.8 Å². The first-order chi connectivity index (χ1) is 8.99. The minimum absolute atomic E-state index is 0.0299. The number of rotatable bonds is 3. The second kappa shape index (κ2) is 6.25. The highest BCUT2D eigenvalue weighted by molar-refractivity contribution is 5.73. The Morgan fingerprint density at radius 3 is 2.53 bits per heavy atom. The topological polar surface area (TPSA) is 38.3 Å². The average Bonchev–Trinajstić information content (AvgIpc) is 2.75. The van der Waals surface area contributed by atoms with Crippen molar-refractivity contribution in [3.8, 4) is 0 Å². The van der Waals surface area contributed by atoms with E-state index in [4.69, 9.17) is 4.74 Å². The monoisotopic (exact) mass is 267 g/mol. The van der Waals surface area contributed by atoms with Gasteiger partial charge in [0.15, 0.2) is 0 Å². The molecule has 2 rings (SSSR count). The first kappa shape index (κ1) is 14.8. The van der Waals surface area contributed by atoms with Crippen molar-refractivity contribution in [3.05, 3.63) is 0 Å². The molecule has 0 bridgehead atoms. The molecule has 5 unspecified atom stereocenters. The van der Waals surface area contributed by atoms with Crippen LogP contribution in [0.25, 0.3) is 0 Å². The molecule has 1 aliphatic heterocycles. The van der Waals surface area contributed by atoms with Crippen molar-refractivity contribution in [1.29, 1.82) is 0 Å². The summed E-state index contributed by atoms with van der Waals surface area (Å²) in [5, 5.41) is 3.33. The van der Waals surface area contributed by atoms with Gasteiger partial charge in [-0.15, -0.1) is 0 Å². The number of carbonyl (C=O) groups is 1. The van der Waals surface area contributed by atoms with Crippen molar-refractivity contribution < 1.29 is 9.53 Å². The van der Waals surface area contributed by atoms with Crippen LogP contribution in [0.4, 0.5) is 0 Å². The lowest BCUT2D eigenvalue weighted by Gasteiger charge is -2.37. The van der Waals surface area contributed by atoms with Crippen LogP contribution < -0.4 is 5.32 Å². The molecule has 1 saturated heterocycles. The van der Waals surface area contributed by atoms with E-state index in [-0.39, 0.29) is 24.0 Å². The van der Waals surface area contributed by atoms with Crippen LogP contribution in [-0.2, 0) is 9.53 Å². The SMILES string of the molecule is CC1CCC(C(C)C)C(OC(=O)C2CCNC2C)C1. The smallest absolute Gasteiger partial charge is 0.310 e. The highest BCUT2D eigenvalue weighted by Crippen LogP contribution is 2.36. The summed E-state index contributed by atoms with van der Waals surface area (Å²) in [5.74, 6) is 1.92. The summed E-state index contributed by atoms with van der Waals surface area (Å²) in [6.07, 6.45) is 4.59. The van der Waals surface area contributed by atoms with E-state index in [1.807, 2.05) is 0 Å². The van der Waals surface area contributed by atoms with Crippen molar-refractivity contribution in [3.63, 3.8) is 0 Å². The quantitative estimate of drug-likeness (QED) is 0.799. The Hall–Kier alpha value is -0.570. The predicted octanol–water partition coefficient (Wildman–Crippen LogP) is 2.99. The van der Waals surface area contributed by atoms with Gasteiger partial charge >= 0.3 is 5.97 Å². The fourth-order valence-corrected chi connectivity index (χ4v) is 3.67. The molecule has 0 radical (unpaired) electrons. The molecule has 0 spiro atoms. The van der Waals surface area contributed by atoms with Crippen LogP contribution in [0.1, 0.15) is 53.4 Å². The van der Waals surface area contributed by atoms with Gasteiger partial charge in [-0.05, 0) is 50.5 Å². The van der Waals surface area contributed by atoms with Crippen molar-refractivity contribution >= 4 is 5.97 Å². The lowest BCUT2D eigenvalue weighted by Crippen LogP contribution is -2.39. The number of nitrogens with one attached hydrogen (secondary N) is 1. The summed E-state index contributed by atoms with van der Waals surface area (Å²) >= 11 is 0. The molecule has 0 aromatic heterocycles. The standard InChI is InChI=1S/C16H29NO2/c1-10(2)13-6-5-11(3)9-15(13)19-16(18)14-7-8-17-12(14)4/h10-15,17H,5-9H2,1-4H3. The van der Waals surface area contributed by atoms with Crippen LogP contribution in [0.15, 0.2) is 0 Å². The highest BCUT2D eigenvalue weighted by atomic mass is 16.5. The molecule has 0 aromatic rings. The molecule has 0 aromatic carbocycles. The van der Waals surface area contributed by atoms with Gasteiger partial charge in [0.1, 0.15) is 6.10 Å². The summed E-state index contributed by atoms with van der Waals surface area (Å²) in [6.45, 7) is 9.80. The molecule has 3 heteroatoms. The maximum Gasteiger partial charge on any atom is 0.310 e. The molecule has 5 atom stereocenters. The molecule has 0 amide bonds. The normalized spacial score (nSPS) is 39.5. The van der Waals surface area contributed by atoms with Gasteiger partial charge in [0, 0.05) is 6.04 Å². The Labute approximate surface area is 117 Å². The lowest BCUT2D eigenvalue weighted by atomic mass is 9.75. The van der Waals surface area contributed by atoms with E-state index in [9.17, 15) is 4.79 Å². The van der Waals surface area contributed by atoms with E-state index in [1.54, 1.807) is 0 Å². The number of esters is 1. The van der Waals surface area contributed by atoms with Gasteiger partial charge in [0.05, 0.1) is 5.92 Å². The zero-order valence-corrected chi connectivity index (χ0v) is 12.8. The molecule has 2 fully saturated rings. The molecular weight excluding hydrogens is 238 g/mol. The molecule has 3 nitrogen and oxygen atoms in total. The van der Waals surface area contributed by atoms with Crippen LogP contribution in [-0.4, -0.2) is 24.7 Å². The third-order valence-electron chi connectivity index (χ3n) is 5.06. The van der Waals surface area contributed by atoms with Crippen LogP contribution >= 0.6 is 0 Å². The van der Waals surface area contributed by atoms with Gasteiger partial charge < -0.3 is 10.1 Å². The van der Waals surface area contributed by atoms with Crippen molar-refractivity contribution in [2.24, 2.45) is 23.7 Å². The number of hydrogen-bond acceptors (Lipinski definition) is 3. The van der Waals surface area contributed by atoms with Crippen LogP contribution in [0.5, 0.6) is 0 Å². The average molecular weight is 267 g/mol. The number of carbonyl (C=O) groups excluding carboxylic acids is 1. The van der Waals surface area contributed by atoms with Gasteiger partial charge in [-0.2, -0.15) is 0 Å². The van der Waals surface area contributed by atoms with Crippen molar-refractivity contribution in [2.45, 2.75) is 65.5 Å². The first-order valence-corrected chi connectivity index (χ1v) is 7.93. The molecule has 110 valence electrons. The van der Waals surface area contributed by atoms with Crippen molar-refractivity contribution in [2.75, 3.05) is 6.54 Å². The largest absolute Gasteiger partial charge is 0.462 e. The van der Waals surface area contributed by atoms with Gasteiger partial charge in [0.25, 0.3) is 0 Å². The zero-order valence-electron chi connectivity index (χ0n) is 12.8. The van der Waals surface area contributed by atoms with Crippen molar-refractivity contribution in [1.82, 2.24) is 5.32 Å². The first-order valence-electron chi connectivity index (χ1n) is 7.93. The Bertz CT molecular complexity index is 316. The maximum absolute atomic E-state index is 12.3. The molecular formula is C16H29NO2. The van der Waals surface area contributed by atoms with E-state index < -0.39 is 0 Å². The second-order valence-corrected chi connectivity index (χ2v) is 6.94.